The molecule has 1 atom stereocenters. The second-order valence-electron chi connectivity index (χ2n) is 5.63. The van der Waals surface area contributed by atoms with Gasteiger partial charge in [-0.05, 0) is 50.9 Å². The predicted octanol–water partition coefficient (Wildman–Crippen LogP) is 4.02. The smallest absolute Gasteiger partial charge is 0.0642 e. The highest BCUT2D eigenvalue weighted by molar-refractivity contribution is 6.33. The second-order valence-corrected chi connectivity index (χ2v) is 6.04. The van der Waals surface area contributed by atoms with Crippen molar-refractivity contribution in [1.29, 1.82) is 0 Å². The van der Waals surface area contributed by atoms with Crippen molar-refractivity contribution in [3.8, 4) is 0 Å². The number of rotatable bonds is 6. The van der Waals surface area contributed by atoms with Crippen LogP contribution in [0.25, 0.3) is 0 Å². The van der Waals surface area contributed by atoms with Crippen molar-refractivity contribution in [2.45, 2.75) is 45.8 Å². The SMILES string of the molecule is CCNC(C)c1ccc(N2CCC(OCC)CC2)c(Cl)c1. The summed E-state index contributed by atoms with van der Waals surface area (Å²) in [6, 6.07) is 6.78. The number of halogens is 1. The van der Waals surface area contributed by atoms with Crippen molar-refractivity contribution in [3.63, 3.8) is 0 Å². The zero-order valence-electron chi connectivity index (χ0n) is 13.4. The molecule has 0 aromatic heterocycles. The van der Waals surface area contributed by atoms with Gasteiger partial charge in [-0.2, -0.15) is 0 Å². The van der Waals surface area contributed by atoms with E-state index in [0.717, 1.165) is 49.8 Å². The van der Waals surface area contributed by atoms with Crippen LogP contribution in [0.5, 0.6) is 0 Å². The maximum atomic E-state index is 6.50. The summed E-state index contributed by atoms with van der Waals surface area (Å²) in [5, 5.41) is 4.27. The van der Waals surface area contributed by atoms with E-state index in [4.69, 9.17) is 16.3 Å². The topological polar surface area (TPSA) is 24.5 Å². The fourth-order valence-electron chi connectivity index (χ4n) is 2.97. The molecule has 0 aliphatic carbocycles. The van der Waals surface area contributed by atoms with Crippen LogP contribution in [-0.2, 0) is 4.74 Å². The molecular formula is C17H27ClN2O. The van der Waals surface area contributed by atoms with Gasteiger partial charge in [0.1, 0.15) is 0 Å². The molecule has 1 aromatic carbocycles. The number of anilines is 1. The molecule has 0 radical (unpaired) electrons. The Hall–Kier alpha value is -0.770. The molecule has 0 spiro atoms. The summed E-state index contributed by atoms with van der Waals surface area (Å²) in [5.41, 5.74) is 2.40. The summed E-state index contributed by atoms with van der Waals surface area (Å²) in [7, 11) is 0. The molecule has 4 heteroatoms. The number of nitrogens with one attached hydrogen (secondary N) is 1. The monoisotopic (exact) mass is 310 g/mol. The van der Waals surface area contributed by atoms with Crippen LogP contribution >= 0.6 is 11.6 Å². The van der Waals surface area contributed by atoms with E-state index < -0.39 is 0 Å². The average Bonchev–Trinajstić information content (AvgIpc) is 2.49. The van der Waals surface area contributed by atoms with E-state index in [1.165, 1.54) is 5.56 Å². The van der Waals surface area contributed by atoms with Crippen molar-refractivity contribution in [2.75, 3.05) is 31.1 Å². The van der Waals surface area contributed by atoms with Gasteiger partial charge in [0.2, 0.25) is 0 Å². The Morgan fingerprint density at radius 1 is 1.33 bits per heavy atom. The molecule has 2 rings (SSSR count). The second kappa shape index (κ2) is 8.02. The fourth-order valence-corrected chi connectivity index (χ4v) is 3.28. The Balaban J connectivity index is 2.01. The van der Waals surface area contributed by atoms with Gasteiger partial charge in [0.05, 0.1) is 16.8 Å². The van der Waals surface area contributed by atoms with Crippen LogP contribution in [0.15, 0.2) is 18.2 Å². The summed E-state index contributed by atoms with van der Waals surface area (Å²) in [6.07, 6.45) is 2.58. The van der Waals surface area contributed by atoms with E-state index in [-0.39, 0.29) is 0 Å². The molecule has 0 bridgehead atoms. The average molecular weight is 311 g/mol. The largest absolute Gasteiger partial charge is 0.378 e. The Morgan fingerprint density at radius 3 is 2.62 bits per heavy atom. The maximum Gasteiger partial charge on any atom is 0.0642 e. The molecule has 1 aromatic rings. The third kappa shape index (κ3) is 4.35. The zero-order valence-corrected chi connectivity index (χ0v) is 14.1. The minimum absolute atomic E-state index is 0.338. The molecule has 1 unspecified atom stereocenters. The highest BCUT2D eigenvalue weighted by atomic mass is 35.5. The molecule has 1 aliphatic heterocycles. The lowest BCUT2D eigenvalue weighted by Crippen LogP contribution is -2.37. The van der Waals surface area contributed by atoms with Gasteiger partial charge in [0, 0.05) is 25.7 Å². The summed E-state index contributed by atoms with van der Waals surface area (Å²) < 4.78 is 5.71. The van der Waals surface area contributed by atoms with E-state index in [9.17, 15) is 0 Å². The minimum Gasteiger partial charge on any atom is -0.378 e. The van der Waals surface area contributed by atoms with Crippen molar-refractivity contribution in [2.24, 2.45) is 0 Å². The molecule has 1 heterocycles. The number of hydrogen-bond donors (Lipinski definition) is 1. The molecule has 3 nitrogen and oxygen atoms in total. The normalized spacial score (nSPS) is 18.0. The Morgan fingerprint density at radius 2 is 2.05 bits per heavy atom. The van der Waals surface area contributed by atoms with Gasteiger partial charge in [0.15, 0.2) is 0 Å². The first kappa shape index (κ1) is 16.6. The lowest BCUT2D eigenvalue weighted by molar-refractivity contribution is 0.0459. The lowest BCUT2D eigenvalue weighted by Gasteiger charge is -2.34. The number of piperidine rings is 1. The fraction of sp³-hybridized carbons (Fsp3) is 0.647. The van der Waals surface area contributed by atoms with Crippen LogP contribution in [0.2, 0.25) is 5.02 Å². The maximum absolute atomic E-state index is 6.50. The number of ether oxygens (including phenoxy) is 1. The molecule has 1 saturated heterocycles. The van der Waals surface area contributed by atoms with Gasteiger partial charge in [-0.3, -0.25) is 0 Å². The lowest BCUT2D eigenvalue weighted by atomic mass is 10.0. The number of nitrogens with zero attached hydrogens (tertiary/aromatic N) is 1. The van der Waals surface area contributed by atoms with E-state index >= 15 is 0 Å². The quantitative estimate of drug-likeness (QED) is 0.859. The van der Waals surface area contributed by atoms with Crippen LogP contribution in [0.1, 0.15) is 45.2 Å². The molecule has 118 valence electrons. The van der Waals surface area contributed by atoms with Crippen molar-refractivity contribution in [3.05, 3.63) is 28.8 Å². The molecule has 0 saturated carbocycles. The Kier molecular flexibility index (Phi) is 6.34. The summed E-state index contributed by atoms with van der Waals surface area (Å²) in [4.78, 5) is 2.37. The minimum atomic E-state index is 0.338. The van der Waals surface area contributed by atoms with E-state index in [0.29, 0.717) is 12.1 Å². The van der Waals surface area contributed by atoms with Gasteiger partial charge < -0.3 is 15.0 Å². The Bertz CT molecular complexity index is 444. The van der Waals surface area contributed by atoms with Gasteiger partial charge in [0.25, 0.3) is 0 Å². The van der Waals surface area contributed by atoms with E-state index in [1.54, 1.807) is 0 Å². The molecule has 1 N–H and O–H groups in total. The molecule has 0 amide bonds. The van der Waals surface area contributed by atoms with Crippen molar-refractivity contribution < 1.29 is 4.74 Å². The van der Waals surface area contributed by atoms with Crippen LogP contribution in [0, 0.1) is 0 Å². The number of hydrogen-bond acceptors (Lipinski definition) is 3. The third-order valence-electron chi connectivity index (χ3n) is 4.17. The van der Waals surface area contributed by atoms with E-state index in [1.807, 2.05) is 0 Å². The van der Waals surface area contributed by atoms with Crippen LogP contribution < -0.4 is 10.2 Å². The van der Waals surface area contributed by atoms with Crippen LogP contribution in [0.4, 0.5) is 5.69 Å². The van der Waals surface area contributed by atoms with Gasteiger partial charge in [-0.1, -0.05) is 24.6 Å². The van der Waals surface area contributed by atoms with Crippen LogP contribution in [-0.4, -0.2) is 32.3 Å². The van der Waals surface area contributed by atoms with Crippen molar-refractivity contribution in [1.82, 2.24) is 5.32 Å². The molecule has 21 heavy (non-hydrogen) atoms. The highest BCUT2D eigenvalue weighted by Crippen LogP contribution is 2.31. The molecule has 1 fully saturated rings. The predicted molar refractivity (Wildman–Crippen MR) is 90.4 cm³/mol. The van der Waals surface area contributed by atoms with Gasteiger partial charge in [-0.25, -0.2) is 0 Å². The Labute approximate surface area is 133 Å². The van der Waals surface area contributed by atoms with Gasteiger partial charge in [-0.15, -0.1) is 0 Å². The van der Waals surface area contributed by atoms with E-state index in [2.05, 4.69) is 49.2 Å². The third-order valence-corrected chi connectivity index (χ3v) is 4.47. The first-order chi connectivity index (χ1) is 10.2. The molecule has 1 aliphatic rings. The first-order valence-corrected chi connectivity index (χ1v) is 8.42. The summed E-state index contributed by atoms with van der Waals surface area (Å²) >= 11 is 6.50. The van der Waals surface area contributed by atoms with Crippen LogP contribution in [0.3, 0.4) is 0 Å². The first-order valence-electron chi connectivity index (χ1n) is 8.05. The zero-order chi connectivity index (χ0) is 15.2. The highest BCUT2D eigenvalue weighted by Gasteiger charge is 2.21. The summed E-state index contributed by atoms with van der Waals surface area (Å²) in [5.74, 6) is 0. The van der Waals surface area contributed by atoms with Crippen molar-refractivity contribution >= 4 is 17.3 Å². The summed E-state index contributed by atoms with van der Waals surface area (Å²) in [6.45, 7) is 10.2. The standard InChI is InChI=1S/C17H27ClN2O/c1-4-19-13(3)14-6-7-17(16(18)12-14)20-10-8-15(9-11-20)21-5-2/h6-7,12-13,15,19H,4-5,8-11H2,1-3H3. The number of benzene rings is 1. The molecular weight excluding hydrogens is 284 g/mol. The van der Waals surface area contributed by atoms with Gasteiger partial charge >= 0.3 is 0 Å².